The molecule has 0 bridgehead atoms. The van der Waals surface area contributed by atoms with Crippen molar-refractivity contribution in [2.75, 3.05) is 0 Å². The molecule has 11 heteroatoms. The van der Waals surface area contributed by atoms with Gasteiger partial charge >= 0.3 is 11.1 Å². The number of hydrogen-bond acceptors (Lipinski definition) is 7. The number of nitrogens with one attached hydrogen (secondary N) is 1. The Labute approximate surface area is 119 Å². The Hall–Kier alpha value is -2.20. The quantitative estimate of drug-likeness (QED) is 0.511. The fourth-order valence-electron chi connectivity index (χ4n) is 1.48. The molecule has 20 heavy (non-hydrogen) atoms. The van der Waals surface area contributed by atoms with Crippen LogP contribution < -0.4 is 11.1 Å². The van der Waals surface area contributed by atoms with Crippen LogP contribution in [0.1, 0.15) is 0 Å². The molecule has 0 atom stereocenters. The molecule has 0 aromatic carbocycles. The van der Waals surface area contributed by atoms with Gasteiger partial charge in [0.25, 0.3) is 5.78 Å². The van der Waals surface area contributed by atoms with E-state index in [1.54, 1.807) is 13.1 Å². The van der Waals surface area contributed by atoms with Crippen molar-refractivity contribution in [1.29, 1.82) is 0 Å². The van der Waals surface area contributed by atoms with Crippen LogP contribution in [0.5, 0.6) is 0 Å². The van der Waals surface area contributed by atoms with Crippen molar-refractivity contribution in [3.63, 3.8) is 0 Å². The fourth-order valence-corrected chi connectivity index (χ4v) is 2.60. The van der Waals surface area contributed by atoms with Gasteiger partial charge < -0.3 is 0 Å². The van der Waals surface area contributed by atoms with Crippen LogP contribution in [0.3, 0.4) is 0 Å². The van der Waals surface area contributed by atoms with Crippen molar-refractivity contribution >= 4 is 29.1 Å². The minimum atomic E-state index is -0.861. The number of nitrogens with zero attached hydrogens (tertiary/aromatic N) is 6. The lowest BCUT2D eigenvalue weighted by atomic mass is 10.7. The van der Waals surface area contributed by atoms with Gasteiger partial charge in [-0.2, -0.15) is 24.6 Å². The molecule has 3 rings (SSSR count). The lowest BCUT2D eigenvalue weighted by molar-refractivity contribution is 0.595. The first-order valence-electron chi connectivity index (χ1n) is 5.26. The van der Waals surface area contributed by atoms with Crippen LogP contribution in [0.15, 0.2) is 32.2 Å². The molecule has 0 unspecified atom stereocenters. The third kappa shape index (κ3) is 2.18. The van der Waals surface area contributed by atoms with E-state index in [0.717, 1.165) is 11.8 Å². The van der Waals surface area contributed by atoms with Crippen LogP contribution in [0.25, 0.3) is 5.78 Å². The number of halogens is 1. The topological polar surface area (TPSA) is 111 Å². The number of fused-ring (bicyclic) bond motifs is 1. The van der Waals surface area contributed by atoms with E-state index in [9.17, 15) is 9.59 Å². The summed E-state index contributed by atoms with van der Waals surface area (Å²) in [6.07, 6.45) is 1.34. The Morgan fingerprint density at radius 3 is 2.95 bits per heavy atom. The Balaban J connectivity index is 2.14. The summed E-state index contributed by atoms with van der Waals surface area (Å²) in [5.74, 6) is 0.328. The number of aryl methyl sites for hydroxylation is 1. The molecular weight excluding hydrogens is 306 g/mol. The molecule has 3 heterocycles. The zero-order valence-corrected chi connectivity index (χ0v) is 11.5. The monoisotopic (exact) mass is 311 g/mol. The first-order valence-corrected chi connectivity index (χ1v) is 6.45. The number of H-pyrrole nitrogens is 1. The fraction of sp³-hybridized carbons (Fsp3) is 0.111. The SMILES string of the molecule is Cn1[nH]c(=O)c(=O)nc1Sc1cc(Cl)nc2ncnn12. The third-order valence-corrected chi connectivity index (χ3v) is 3.57. The summed E-state index contributed by atoms with van der Waals surface area (Å²) < 4.78 is 2.79. The van der Waals surface area contributed by atoms with Crippen LogP contribution >= 0.6 is 23.4 Å². The number of aromatic nitrogens is 7. The molecule has 0 saturated carbocycles. The van der Waals surface area contributed by atoms with Gasteiger partial charge in [-0.15, -0.1) is 0 Å². The summed E-state index contributed by atoms with van der Waals surface area (Å²) in [5, 5.41) is 7.44. The Morgan fingerprint density at radius 1 is 1.35 bits per heavy atom. The van der Waals surface area contributed by atoms with Crippen molar-refractivity contribution in [3.05, 3.63) is 38.3 Å². The number of rotatable bonds is 2. The smallest absolute Gasteiger partial charge is 0.265 e. The molecule has 0 fully saturated rings. The second kappa shape index (κ2) is 4.72. The summed E-state index contributed by atoms with van der Waals surface area (Å²) in [6.45, 7) is 0. The van der Waals surface area contributed by atoms with Gasteiger partial charge in [-0.3, -0.25) is 19.4 Å². The maximum atomic E-state index is 11.3. The maximum absolute atomic E-state index is 11.3. The van der Waals surface area contributed by atoms with Gasteiger partial charge in [-0.05, 0) is 11.8 Å². The summed E-state index contributed by atoms with van der Waals surface area (Å²) in [6, 6.07) is 1.56. The molecule has 3 aromatic rings. The van der Waals surface area contributed by atoms with Gasteiger partial charge in [-0.1, -0.05) is 11.6 Å². The summed E-state index contributed by atoms with van der Waals surface area (Å²) in [5.41, 5.74) is -1.64. The van der Waals surface area contributed by atoms with Gasteiger partial charge in [0, 0.05) is 13.1 Å². The van der Waals surface area contributed by atoms with E-state index in [1.807, 2.05) is 0 Å². The van der Waals surface area contributed by atoms with Crippen molar-refractivity contribution in [3.8, 4) is 0 Å². The van der Waals surface area contributed by atoms with Crippen LogP contribution in [-0.4, -0.2) is 34.3 Å². The molecule has 0 aliphatic carbocycles. The highest BCUT2D eigenvalue weighted by Crippen LogP contribution is 2.25. The normalized spacial score (nSPS) is 11.1. The molecular formula is C9H6ClN7O2S. The Kier molecular flexibility index (Phi) is 3.03. The van der Waals surface area contributed by atoms with Crippen LogP contribution in [0, 0.1) is 0 Å². The minimum absolute atomic E-state index is 0.238. The predicted molar refractivity (Wildman–Crippen MR) is 70.0 cm³/mol. The first-order chi connectivity index (χ1) is 9.54. The second-order valence-corrected chi connectivity index (χ2v) is 5.07. The van der Waals surface area contributed by atoms with Crippen molar-refractivity contribution in [2.24, 2.45) is 7.05 Å². The molecule has 102 valence electrons. The summed E-state index contributed by atoms with van der Waals surface area (Å²) in [7, 11) is 1.57. The van der Waals surface area contributed by atoms with Gasteiger partial charge in [0.15, 0.2) is 5.16 Å². The minimum Gasteiger partial charge on any atom is -0.265 e. The van der Waals surface area contributed by atoms with E-state index in [0.29, 0.717) is 10.8 Å². The highest BCUT2D eigenvalue weighted by molar-refractivity contribution is 7.99. The predicted octanol–water partition coefficient (Wildman–Crippen LogP) is -0.289. The molecule has 0 aliphatic heterocycles. The number of hydrogen-bond donors (Lipinski definition) is 1. The average Bonchev–Trinajstić information content (AvgIpc) is 2.84. The number of aromatic amines is 1. The molecule has 3 aromatic heterocycles. The van der Waals surface area contributed by atoms with E-state index in [-0.39, 0.29) is 10.3 Å². The second-order valence-electron chi connectivity index (χ2n) is 3.69. The standard InChI is InChI=1S/C9H6ClN7O2S/c1-16-9(14-6(18)7(19)15-16)20-5-2-4(10)13-8-11-3-12-17(5)8/h2-3H,1H3,(H,15,19). The zero-order chi connectivity index (χ0) is 14.3. The lowest BCUT2D eigenvalue weighted by Crippen LogP contribution is -2.33. The third-order valence-electron chi connectivity index (χ3n) is 2.33. The maximum Gasteiger partial charge on any atom is 0.339 e. The van der Waals surface area contributed by atoms with Gasteiger partial charge in [0.05, 0.1) is 0 Å². The van der Waals surface area contributed by atoms with Crippen LogP contribution in [0.4, 0.5) is 0 Å². The van der Waals surface area contributed by atoms with E-state index < -0.39 is 11.1 Å². The summed E-state index contributed by atoms with van der Waals surface area (Å²) >= 11 is 6.99. The molecule has 0 aliphatic rings. The van der Waals surface area contributed by atoms with E-state index in [4.69, 9.17) is 11.6 Å². The van der Waals surface area contributed by atoms with Crippen LogP contribution in [0.2, 0.25) is 5.15 Å². The summed E-state index contributed by atoms with van der Waals surface area (Å²) in [4.78, 5) is 34.1. The molecule has 9 nitrogen and oxygen atoms in total. The Bertz CT molecular complexity index is 915. The molecule has 0 spiro atoms. The van der Waals surface area contributed by atoms with E-state index >= 15 is 0 Å². The van der Waals surface area contributed by atoms with Crippen molar-refractivity contribution in [2.45, 2.75) is 10.2 Å². The van der Waals surface area contributed by atoms with Gasteiger partial charge in [0.1, 0.15) is 16.5 Å². The highest BCUT2D eigenvalue weighted by Gasteiger charge is 2.12. The molecule has 0 radical (unpaired) electrons. The lowest BCUT2D eigenvalue weighted by Gasteiger charge is -2.06. The zero-order valence-electron chi connectivity index (χ0n) is 9.94. The largest absolute Gasteiger partial charge is 0.339 e. The van der Waals surface area contributed by atoms with Gasteiger partial charge in [-0.25, -0.2) is 0 Å². The molecule has 1 N–H and O–H groups in total. The molecule has 0 saturated heterocycles. The highest BCUT2D eigenvalue weighted by atomic mass is 35.5. The van der Waals surface area contributed by atoms with Crippen molar-refractivity contribution in [1.82, 2.24) is 34.3 Å². The van der Waals surface area contributed by atoms with E-state index in [2.05, 4.69) is 25.1 Å². The van der Waals surface area contributed by atoms with Crippen LogP contribution in [-0.2, 0) is 7.05 Å². The molecule has 0 amide bonds. The van der Waals surface area contributed by atoms with Crippen molar-refractivity contribution < 1.29 is 0 Å². The Morgan fingerprint density at radius 2 is 2.15 bits per heavy atom. The van der Waals surface area contributed by atoms with Gasteiger partial charge in [0.2, 0.25) is 0 Å². The van der Waals surface area contributed by atoms with E-state index in [1.165, 1.54) is 15.5 Å². The average molecular weight is 312 g/mol. The first kappa shape index (κ1) is 12.8.